The van der Waals surface area contributed by atoms with Crippen molar-refractivity contribution in [3.8, 4) is 0 Å². The van der Waals surface area contributed by atoms with E-state index in [1.807, 2.05) is 0 Å². The number of esters is 2. The van der Waals surface area contributed by atoms with E-state index in [1.54, 1.807) is 39.8 Å². The van der Waals surface area contributed by atoms with E-state index in [-0.39, 0.29) is 12.0 Å². The number of hydrogen-bond donors (Lipinski definition) is 2. The molecular formula is C20H26O6. The zero-order chi connectivity index (χ0) is 19.6. The van der Waals surface area contributed by atoms with Crippen molar-refractivity contribution >= 4 is 11.9 Å². The quantitative estimate of drug-likeness (QED) is 0.443. The average Bonchev–Trinajstić information content (AvgIpc) is 2.84. The minimum atomic E-state index is -1.36. The van der Waals surface area contributed by atoms with Gasteiger partial charge in [0.05, 0.1) is 17.6 Å². The van der Waals surface area contributed by atoms with Crippen LogP contribution in [-0.2, 0) is 19.1 Å². The molecule has 0 saturated carbocycles. The summed E-state index contributed by atoms with van der Waals surface area (Å²) in [4.78, 5) is 24.4. The summed E-state index contributed by atoms with van der Waals surface area (Å²) in [7, 11) is 0. The van der Waals surface area contributed by atoms with Crippen molar-refractivity contribution in [2.24, 2.45) is 5.92 Å². The number of hydrogen-bond acceptors (Lipinski definition) is 6. The Morgan fingerprint density at radius 2 is 2.15 bits per heavy atom. The molecule has 1 fully saturated rings. The van der Waals surface area contributed by atoms with Crippen LogP contribution in [0.25, 0.3) is 0 Å². The summed E-state index contributed by atoms with van der Waals surface area (Å²) in [5.74, 6) is -1.74. The zero-order valence-electron chi connectivity index (χ0n) is 15.6. The van der Waals surface area contributed by atoms with Crippen LogP contribution in [-0.4, -0.2) is 46.1 Å². The molecule has 1 heterocycles. The summed E-state index contributed by atoms with van der Waals surface area (Å²) in [6.45, 7) is 10.4. The molecule has 0 aromatic rings. The van der Waals surface area contributed by atoms with Crippen molar-refractivity contribution in [1.29, 1.82) is 0 Å². The molecule has 2 N–H and O–H groups in total. The van der Waals surface area contributed by atoms with Crippen molar-refractivity contribution in [3.63, 3.8) is 0 Å². The predicted octanol–water partition coefficient (Wildman–Crippen LogP) is 1.98. The molecule has 0 radical (unpaired) electrons. The molecule has 6 heteroatoms. The first-order chi connectivity index (χ1) is 12.1. The fraction of sp³-hybridized carbons (Fsp3) is 0.500. The van der Waals surface area contributed by atoms with Gasteiger partial charge >= 0.3 is 11.9 Å². The van der Waals surface area contributed by atoms with Gasteiger partial charge in [-0.15, -0.1) is 0 Å². The van der Waals surface area contributed by atoms with Crippen LogP contribution in [0.4, 0.5) is 0 Å². The Hall–Kier alpha value is -2.18. The Balaban J connectivity index is 2.48. The van der Waals surface area contributed by atoms with Crippen LogP contribution in [0.3, 0.4) is 0 Å². The van der Waals surface area contributed by atoms with E-state index >= 15 is 0 Å². The predicted molar refractivity (Wildman–Crippen MR) is 96.0 cm³/mol. The van der Waals surface area contributed by atoms with Crippen molar-refractivity contribution in [2.75, 3.05) is 0 Å². The van der Waals surface area contributed by atoms with Gasteiger partial charge in [-0.3, -0.25) is 0 Å². The highest BCUT2D eigenvalue weighted by atomic mass is 16.6. The second-order valence-corrected chi connectivity index (χ2v) is 7.11. The molecule has 1 aliphatic heterocycles. The first-order valence-corrected chi connectivity index (χ1v) is 8.57. The maximum Gasteiger partial charge on any atom is 0.334 e. The third kappa shape index (κ3) is 4.31. The van der Waals surface area contributed by atoms with Crippen molar-refractivity contribution in [2.45, 2.75) is 58.0 Å². The molecule has 0 spiro atoms. The standard InChI is InChI=1S/C20H26O6/c1-6-11(2)18(22)26-16-10-20(5,24)8-7-14(21)12(3)9-15-17(16)13(4)19(23)25-15/h6-9,14-17,21,24H,4,10H2,1-3,5H3/b8-7+,11-6-,12-9-/t14-,15-,16+,17-,20-/m0/s1. The number of carbonyl (C=O) groups is 2. The molecule has 6 nitrogen and oxygen atoms in total. The normalized spacial score (nSPS) is 38.7. The molecule has 142 valence electrons. The number of aliphatic hydroxyl groups is 2. The molecule has 2 rings (SSSR count). The van der Waals surface area contributed by atoms with Crippen LogP contribution in [0, 0.1) is 5.92 Å². The first-order valence-electron chi connectivity index (χ1n) is 8.57. The highest BCUT2D eigenvalue weighted by Crippen LogP contribution is 2.37. The van der Waals surface area contributed by atoms with Gasteiger partial charge in [-0.1, -0.05) is 24.8 Å². The fourth-order valence-corrected chi connectivity index (χ4v) is 3.05. The van der Waals surface area contributed by atoms with Gasteiger partial charge in [0.25, 0.3) is 0 Å². The van der Waals surface area contributed by atoms with Gasteiger partial charge in [-0.25, -0.2) is 9.59 Å². The maximum atomic E-state index is 12.3. The van der Waals surface area contributed by atoms with Gasteiger partial charge in [-0.05, 0) is 39.3 Å². The van der Waals surface area contributed by atoms with Crippen LogP contribution in [0.5, 0.6) is 0 Å². The molecule has 0 amide bonds. The Kier molecular flexibility index (Phi) is 5.88. The lowest BCUT2D eigenvalue weighted by Gasteiger charge is -2.32. The van der Waals surface area contributed by atoms with Crippen molar-refractivity contribution in [1.82, 2.24) is 0 Å². The lowest BCUT2D eigenvalue weighted by molar-refractivity contribution is -0.150. The second-order valence-electron chi connectivity index (χ2n) is 7.11. The van der Waals surface area contributed by atoms with E-state index in [2.05, 4.69) is 6.58 Å². The molecule has 0 unspecified atom stereocenters. The molecule has 0 aromatic carbocycles. The number of allylic oxidation sites excluding steroid dienone is 1. The highest BCUT2D eigenvalue weighted by molar-refractivity contribution is 5.92. The van der Waals surface area contributed by atoms with E-state index in [9.17, 15) is 19.8 Å². The summed E-state index contributed by atoms with van der Waals surface area (Å²) in [6.07, 6.45) is 3.77. The molecule has 5 atom stereocenters. The number of ether oxygens (including phenoxy) is 2. The molecule has 1 aliphatic carbocycles. The minimum Gasteiger partial charge on any atom is -0.458 e. The van der Waals surface area contributed by atoms with Gasteiger partial charge in [0, 0.05) is 17.6 Å². The third-order valence-electron chi connectivity index (χ3n) is 4.82. The fourth-order valence-electron chi connectivity index (χ4n) is 3.05. The van der Waals surface area contributed by atoms with Crippen LogP contribution < -0.4 is 0 Å². The Bertz CT molecular complexity index is 697. The summed E-state index contributed by atoms with van der Waals surface area (Å²) in [5, 5.41) is 20.9. The number of fused-ring (bicyclic) bond motifs is 1. The summed E-state index contributed by atoms with van der Waals surface area (Å²) >= 11 is 0. The number of rotatable bonds is 2. The third-order valence-corrected chi connectivity index (χ3v) is 4.82. The van der Waals surface area contributed by atoms with E-state index in [4.69, 9.17) is 9.47 Å². The Labute approximate surface area is 153 Å². The Morgan fingerprint density at radius 1 is 1.50 bits per heavy atom. The van der Waals surface area contributed by atoms with Crippen LogP contribution in [0.15, 0.2) is 47.6 Å². The van der Waals surface area contributed by atoms with E-state index in [0.29, 0.717) is 11.1 Å². The summed E-state index contributed by atoms with van der Waals surface area (Å²) < 4.78 is 11.0. The average molecular weight is 362 g/mol. The Morgan fingerprint density at radius 3 is 2.77 bits per heavy atom. The highest BCUT2D eigenvalue weighted by Gasteiger charge is 2.46. The summed E-state index contributed by atoms with van der Waals surface area (Å²) in [6, 6.07) is 0. The SMILES string of the molecule is C=C1C(=O)O[C@H]2/C=C(/C)[C@@H](O)/C=C/[C@](C)(O)C[C@@H](OC(=O)/C(C)=C\C)[C@@H]12. The van der Waals surface area contributed by atoms with E-state index in [0.717, 1.165) is 0 Å². The van der Waals surface area contributed by atoms with Gasteiger partial charge in [0.2, 0.25) is 0 Å². The molecule has 0 aromatic heterocycles. The topological polar surface area (TPSA) is 93.1 Å². The van der Waals surface area contributed by atoms with Crippen LogP contribution in [0.1, 0.15) is 34.1 Å². The largest absolute Gasteiger partial charge is 0.458 e. The second kappa shape index (κ2) is 7.60. The van der Waals surface area contributed by atoms with E-state index < -0.39 is 41.8 Å². The van der Waals surface area contributed by atoms with Crippen LogP contribution in [0.2, 0.25) is 0 Å². The summed E-state index contributed by atoms with van der Waals surface area (Å²) in [5.41, 5.74) is -0.188. The van der Waals surface area contributed by atoms with Gasteiger partial charge in [0.15, 0.2) is 0 Å². The molecular weight excluding hydrogens is 336 g/mol. The lowest BCUT2D eigenvalue weighted by atomic mass is 9.82. The van der Waals surface area contributed by atoms with E-state index in [1.165, 1.54) is 12.2 Å². The van der Waals surface area contributed by atoms with Crippen molar-refractivity contribution in [3.05, 3.63) is 47.6 Å². The minimum absolute atomic E-state index is 0.0304. The van der Waals surface area contributed by atoms with Crippen molar-refractivity contribution < 1.29 is 29.3 Å². The van der Waals surface area contributed by atoms with Gasteiger partial charge < -0.3 is 19.7 Å². The lowest BCUT2D eigenvalue weighted by Crippen LogP contribution is -2.40. The monoisotopic (exact) mass is 362 g/mol. The number of carbonyl (C=O) groups excluding carboxylic acids is 2. The first kappa shape index (κ1) is 20.1. The van der Waals surface area contributed by atoms with Gasteiger partial charge in [-0.2, -0.15) is 0 Å². The molecule has 26 heavy (non-hydrogen) atoms. The van der Waals surface area contributed by atoms with Crippen LogP contribution >= 0.6 is 0 Å². The van der Waals surface area contributed by atoms with Gasteiger partial charge in [0.1, 0.15) is 12.2 Å². The molecule has 2 aliphatic rings. The number of aliphatic hydroxyl groups excluding tert-OH is 1. The zero-order valence-corrected chi connectivity index (χ0v) is 15.6. The smallest absolute Gasteiger partial charge is 0.334 e. The maximum absolute atomic E-state index is 12.3. The molecule has 0 bridgehead atoms. The molecule has 1 saturated heterocycles.